The van der Waals surface area contributed by atoms with Gasteiger partial charge in [0.05, 0.1) is 31.3 Å². The molecule has 1 aliphatic heterocycles. The van der Waals surface area contributed by atoms with Gasteiger partial charge in [0, 0.05) is 5.39 Å². The first-order valence-electron chi connectivity index (χ1n) is 8.06. The Morgan fingerprint density at radius 2 is 2.33 bits per heavy atom. The molecule has 1 unspecified atom stereocenters. The number of esters is 1. The molecule has 1 aromatic carbocycles. The Morgan fingerprint density at radius 1 is 1.50 bits per heavy atom. The highest BCUT2D eigenvalue weighted by Crippen LogP contribution is 2.43. The number of carbonyl (C=O) groups excluding carboxylic acids is 1. The first kappa shape index (κ1) is 16.4. The van der Waals surface area contributed by atoms with Crippen molar-refractivity contribution < 1.29 is 19.0 Å². The Balaban J connectivity index is 2.13. The lowest BCUT2D eigenvalue weighted by Gasteiger charge is -2.35. The molecule has 0 aliphatic carbocycles. The average molecular weight is 327 g/mol. The van der Waals surface area contributed by atoms with Gasteiger partial charge in [0.25, 0.3) is 0 Å². The van der Waals surface area contributed by atoms with E-state index in [1.165, 1.54) is 12.7 Å². The van der Waals surface area contributed by atoms with Crippen LogP contribution in [-0.4, -0.2) is 31.3 Å². The number of hydrogen-bond acceptors (Lipinski definition) is 4. The van der Waals surface area contributed by atoms with Gasteiger partial charge in [0.2, 0.25) is 0 Å². The van der Waals surface area contributed by atoms with Crippen LogP contribution in [-0.2, 0) is 26.3 Å². The Bertz CT molecular complexity index is 802. The summed E-state index contributed by atoms with van der Waals surface area (Å²) in [7, 11) is 1.40. The molecule has 2 heterocycles. The molecule has 2 aromatic rings. The zero-order chi connectivity index (χ0) is 17.2. The van der Waals surface area contributed by atoms with Gasteiger partial charge < -0.3 is 19.2 Å². The zero-order valence-corrected chi connectivity index (χ0v) is 14.0. The number of terminal acetylenes is 1. The van der Waals surface area contributed by atoms with E-state index in [0.717, 1.165) is 23.0 Å². The highest BCUT2D eigenvalue weighted by atomic mass is 16.5. The van der Waals surface area contributed by atoms with Gasteiger partial charge in [-0.05, 0) is 24.5 Å². The van der Waals surface area contributed by atoms with Crippen molar-refractivity contribution in [3.63, 3.8) is 0 Å². The minimum atomic E-state index is -0.691. The van der Waals surface area contributed by atoms with Crippen molar-refractivity contribution in [2.45, 2.75) is 31.8 Å². The van der Waals surface area contributed by atoms with Crippen LogP contribution in [0.15, 0.2) is 18.2 Å². The number of benzene rings is 1. The molecule has 5 heteroatoms. The number of carbonyl (C=O) groups is 1. The van der Waals surface area contributed by atoms with Gasteiger partial charge in [0.1, 0.15) is 18.0 Å². The summed E-state index contributed by atoms with van der Waals surface area (Å²) in [5.74, 6) is 2.91. The molecule has 5 nitrogen and oxygen atoms in total. The molecule has 0 spiro atoms. The molecule has 0 saturated carbocycles. The van der Waals surface area contributed by atoms with Crippen LogP contribution in [0.3, 0.4) is 0 Å². The third-order valence-electron chi connectivity index (χ3n) is 4.63. The van der Waals surface area contributed by atoms with Crippen LogP contribution < -0.4 is 4.74 Å². The second kappa shape index (κ2) is 6.58. The van der Waals surface area contributed by atoms with Crippen LogP contribution in [0.1, 0.15) is 31.0 Å². The lowest BCUT2D eigenvalue weighted by atomic mass is 9.86. The van der Waals surface area contributed by atoms with Crippen LogP contribution in [0.25, 0.3) is 10.9 Å². The van der Waals surface area contributed by atoms with Gasteiger partial charge in [-0.25, -0.2) is 0 Å². The Hall–Kier alpha value is -2.45. The average Bonchev–Trinajstić information content (AvgIpc) is 3.00. The summed E-state index contributed by atoms with van der Waals surface area (Å²) < 4.78 is 16.6. The van der Waals surface area contributed by atoms with Crippen LogP contribution >= 0.6 is 0 Å². The number of aromatic amines is 1. The summed E-state index contributed by atoms with van der Waals surface area (Å²) in [6, 6.07) is 5.89. The Labute approximate surface area is 141 Å². The largest absolute Gasteiger partial charge is 0.479 e. The van der Waals surface area contributed by atoms with Gasteiger partial charge in [-0.15, -0.1) is 6.42 Å². The number of methoxy groups -OCH3 is 1. The molecule has 0 bridgehead atoms. The van der Waals surface area contributed by atoms with Crippen LogP contribution in [0.2, 0.25) is 0 Å². The van der Waals surface area contributed by atoms with Crippen molar-refractivity contribution in [3.8, 4) is 18.1 Å². The van der Waals surface area contributed by atoms with Crippen molar-refractivity contribution in [3.05, 3.63) is 29.5 Å². The molecule has 3 rings (SSSR count). The maximum absolute atomic E-state index is 11.9. The van der Waals surface area contributed by atoms with Crippen molar-refractivity contribution >= 4 is 16.9 Å². The summed E-state index contributed by atoms with van der Waals surface area (Å²) in [5, 5.41) is 1.09. The molecule has 1 aliphatic rings. The van der Waals surface area contributed by atoms with Crippen LogP contribution in [0.4, 0.5) is 0 Å². The van der Waals surface area contributed by atoms with Crippen molar-refractivity contribution in [2.75, 3.05) is 20.3 Å². The normalized spacial score (nSPS) is 19.5. The summed E-state index contributed by atoms with van der Waals surface area (Å²) >= 11 is 0. The second-order valence-electron chi connectivity index (χ2n) is 5.85. The predicted molar refractivity (Wildman–Crippen MR) is 90.9 cm³/mol. The number of rotatable bonds is 5. The molecule has 126 valence electrons. The monoisotopic (exact) mass is 327 g/mol. The minimum absolute atomic E-state index is 0.181. The Kier molecular flexibility index (Phi) is 4.50. The second-order valence-corrected chi connectivity index (χ2v) is 5.85. The Morgan fingerprint density at radius 3 is 3.04 bits per heavy atom. The van der Waals surface area contributed by atoms with E-state index in [0.29, 0.717) is 18.8 Å². The highest BCUT2D eigenvalue weighted by molar-refractivity contribution is 5.90. The molecule has 0 saturated heterocycles. The van der Waals surface area contributed by atoms with E-state index >= 15 is 0 Å². The third-order valence-corrected chi connectivity index (χ3v) is 4.63. The van der Waals surface area contributed by atoms with Crippen molar-refractivity contribution in [1.29, 1.82) is 0 Å². The quantitative estimate of drug-likeness (QED) is 0.677. The standard InChI is InChI=1S/C19H21NO4/c1-4-10-23-15-8-6-7-13-14-9-11-24-19(5-2,12-16(21)22-3)18(14)20-17(13)15/h1,6-8,20H,5,9-12H2,2-3H3. The smallest absolute Gasteiger partial charge is 0.308 e. The molecule has 1 atom stereocenters. The first-order valence-corrected chi connectivity index (χ1v) is 8.06. The maximum atomic E-state index is 11.9. The fourth-order valence-corrected chi connectivity index (χ4v) is 3.40. The fourth-order valence-electron chi connectivity index (χ4n) is 3.40. The van der Waals surface area contributed by atoms with Crippen molar-refractivity contribution in [2.24, 2.45) is 0 Å². The molecular formula is C19H21NO4. The van der Waals surface area contributed by atoms with Gasteiger partial charge in [-0.3, -0.25) is 4.79 Å². The number of aromatic nitrogens is 1. The number of H-pyrrole nitrogens is 1. The summed E-state index contributed by atoms with van der Waals surface area (Å²) in [4.78, 5) is 15.4. The van der Waals surface area contributed by atoms with Crippen LogP contribution in [0.5, 0.6) is 5.75 Å². The summed E-state index contributed by atoms with van der Waals surface area (Å²) in [6.45, 7) is 2.79. The van der Waals surface area contributed by atoms with E-state index in [9.17, 15) is 4.79 Å². The number of fused-ring (bicyclic) bond motifs is 3. The molecule has 1 N–H and O–H groups in total. The fraction of sp³-hybridized carbons (Fsp3) is 0.421. The number of para-hydroxylation sites is 1. The first-order chi connectivity index (χ1) is 11.6. The van der Waals surface area contributed by atoms with E-state index in [1.54, 1.807) is 0 Å². The SMILES string of the molecule is C#CCOc1cccc2c3c([nH]c12)C(CC)(CC(=O)OC)OCC3. The third kappa shape index (κ3) is 2.63. The van der Waals surface area contributed by atoms with Gasteiger partial charge in [0.15, 0.2) is 0 Å². The maximum Gasteiger partial charge on any atom is 0.308 e. The molecule has 24 heavy (non-hydrogen) atoms. The lowest BCUT2D eigenvalue weighted by molar-refractivity contribution is -0.152. The van der Waals surface area contributed by atoms with E-state index in [-0.39, 0.29) is 19.0 Å². The van der Waals surface area contributed by atoms with E-state index < -0.39 is 5.60 Å². The predicted octanol–water partition coefficient (Wildman–Crippen LogP) is 2.92. The molecule has 0 amide bonds. The number of hydrogen-bond donors (Lipinski definition) is 1. The van der Waals surface area contributed by atoms with Gasteiger partial charge in [-0.1, -0.05) is 25.0 Å². The zero-order valence-electron chi connectivity index (χ0n) is 14.0. The van der Waals surface area contributed by atoms with Gasteiger partial charge in [-0.2, -0.15) is 0 Å². The molecule has 1 aromatic heterocycles. The molecule has 0 radical (unpaired) electrons. The van der Waals surface area contributed by atoms with Crippen LogP contribution in [0, 0.1) is 12.3 Å². The van der Waals surface area contributed by atoms with E-state index in [1.807, 2.05) is 19.1 Å². The summed E-state index contributed by atoms with van der Waals surface area (Å²) in [6.07, 6.45) is 6.93. The summed E-state index contributed by atoms with van der Waals surface area (Å²) in [5.41, 5.74) is 2.32. The van der Waals surface area contributed by atoms with E-state index in [4.69, 9.17) is 20.6 Å². The van der Waals surface area contributed by atoms with Gasteiger partial charge >= 0.3 is 5.97 Å². The highest BCUT2D eigenvalue weighted by Gasteiger charge is 2.41. The number of ether oxygens (including phenoxy) is 3. The van der Waals surface area contributed by atoms with Crippen molar-refractivity contribution in [1.82, 2.24) is 4.98 Å². The molecular weight excluding hydrogens is 306 g/mol. The molecule has 0 fully saturated rings. The lowest BCUT2D eigenvalue weighted by Crippen LogP contribution is -2.37. The number of nitrogens with one attached hydrogen (secondary N) is 1. The van der Waals surface area contributed by atoms with E-state index in [2.05, 4.69) is 17.0 Å². The topological polar surface area (TPSA) is 60.6 Å². The minimum Gasteiger partial charge on any atom is -0.479 e.